The molecule has 1 atom stereocenters. The van der Waals surface area contributed by atoms with Gasteiger partial charge in [-0.05, 0) is 43.9 Å². The maximum atomic E-state index is 12.2. The predicted octanol–water partition coefficient (Wildman–Crippen LogP) is 1.73. The fraction of sp³-hybridized carbons (Fsp3) is 0.562. The monoisotopic (exact) mass is 292 g/mol. The summed E-state index contributed by atoms with van der Waals surface area (Å²) in [4.78, 5) is 14.3. The van der Waals surface area contributed by atoms with Crippen LogP contribution in [0.4, 0.5) is 5.69 Å². The first kappa shape index (κ1) is 15.8. The molecule has 2 rings (SSSR count). The Labute approximate surface area is 125 Å². The lowest BCUT2D eigenvalue weighted by Crippen LogP contribution is -2.40. The summed E-state index contributed by atoms with van der Waals surface area (Å²) in [5, 5.41) is 11.9. The molecule has 1 aromatic carbocycles. The quantitative estimate of drug-likeness (QED) is 0.838. The number of hydrogen-bond acceptors (Lipinski definition) is 4. The van der Waals surface area contributed by atoms with Gasteiger partial charge in [-0.15, -0.1) is 0 Å². The van der Waals surface area contributed by atoms with Crippen LogP contribution in [0.3, 0.4) is 0 Å². The zero-order valence-corrected chi connectivity index (χ0v) is 12.5. The number of para-hydroxylation sites is 2. The van der Waals surface area contributed by atoms with Crippen molar-refractivity contribution < 1.29 is 14.6 Å². The van der Waals surface area contributed by atoms with E-state index in [1.54, 1.807) is 7.11 Å². The van der Waals surface area contributed by atoms with Crippen molar-refractivity contribution in [3.63, 3.8) is 0 Å². The second-order valence-electron chi connectivity index (χ2n) is 5.50. The highest BCUT2D eigenvalue weighted by Crippen LogP contribution is 2.23. The van der Waals surface area contributed by atoms with E-state index in [1.165, 1.54) is 0 Å². The molecule has 0 aliphatic carbocycles. The molecule has 0 radical (unpaired) electrons. The second kappa shape index (κ2) is 8.00. The van der Waals surface area contributed by atoms with E-state index in [2.05, 4.69) is 10.2 Å². The fourth-order valence-electron chi connectivity index (χ4n) is 2.85. The lowest BCUT2D eigenvalue weighted by molar-refractivity contribution is -0.117. The van der Waals surface area contributed by atoms with Gasteiger partial charge < -0.3 is 15.2 Å². The zero-order valence-electron chi connectivity index (χ0n) is 12.5. The van der Waals surface area contributed by atoms with E-state index in [9.17, 15) is 4.79 Å². The van der Waals surface area contributed by atoms with E-state index < -0.39 is 0 Å². The van der Waals surface area contributed by atoms with Crippen molar-refractivity contribution in [2.24, 2.45) is 5.92 Å². The van der Waals surface area contributed by atoms with Gasteiger partial charge in [0.15, 0.2) is 0 Å². The predicted molar refractivity (Wildman–Crippen MR) is 82.5 cm³/mol. The van der Waals surface area contributed by atoms with E-state index in [-0.39, 0.29) is 12.5 Å². The molecular weight excluding hydrogens is 268 g/mol. The van der Waals surface area contributed by atoms with Gasteiger partial charge in [-0.3, -0.25) is 9.69 Å². The Balaban J connectivity index is 1.86. The maximum absolute atomic E-state index is 12.2. The Morgan fingerprint density at radius 2 is 2.29 bits per heavy atom. The van der Waals surface area contributed by atoms with Crippen molar-refractivity contribution in [2.75, 3.05) is 38.7 Å². The summed E-state index contributed by atoms with van der Waals surface area (Å²) in [6, 6.07) is 7.41. The molecule has 1 saturated heterocycles. The molecule has 1 amide bonds. The number of methoxy groups -OCH3 is 1. The summed E-state index contributed by atoms with van der Waals surface area (Å²) in [6.07, 6.45) is 3.06. The third kappa shape index (κ3) is 4.72. The van der Waals surface area contributed by atoms with Gasteiger partial charge in [0.2, 0.25) is 5.91 Å². The lowest BCUT2D eigenvalue weighted by atomic mass is 9.95. The first-order chi connectivity index (χ1) is 10.2. The van der Waals surface area contributed by atoms with E-state index >= 15 is 0 Å². The molecule has 5 heteroatoms. The normalized spacial score (nSPS) is 19.2. The van der Waals surface area contributed by atoms with Crippen LogP contribution in [0.5, 0.6) is 5.75 Å². The fourth-order valence-corrected chi connectivity index (χ4v) is 2.85. The van der Waals surface area contributed by atoms with Crippen LogP contribution >= 0.6 is 0 Å². The first-order valence-corrected chi connectivity index (χ1v) is 7.49. The topological polar surface area (TPSA) is 61.8 Å². The number of benzene rings is 1. The van der Waals surface area contributed by atoms with Crippen LogP contribution in [-0.4, -0.2) is 49.3 Å². The van der Waals surface area contributed by atoms with Gasteiger partial charge in [-0.1, -0.05) is 12.1 Å². The van der Waals surface area contributed by atoms with Crippen LogP contribution in [0.2, 0.25) is 0 Å². The van der Waals surface area contributed by atoms with Crippen molar-refractivity contribution in [2.45, 2.75) is 19.3 Å². The third-order valence-corrected chi connectivity index (χ3v) is 3.89. The van der Waals surface area contributed by atoms with Gasteiger partial charge in [-0.25, -0.2) is 0 Å². The summed E-state index contributed by atoms with van der Waals surface area (Å²) in [6.45, 7) is 2.45. The number of anilines is 1. The molecule has 0 saturated carbocycles. The number of nitrogens with one attached hydrogen (secondary N) is 1. The molecule has 1 unspecified atom stereocenters. The van der Waals surface area contributed by atoms with E-state index in [0.717, 1.165) is 32.4 Å². The van der Waals surface area contributed by atoms with Gasteiger partial charge in [0.1, 0.15) is 5.75 Å². The van der Waals surface area contributed by atoms with Crippen molar-refractivity contribution in [3.05, 3.63) is 24.3 Å². The van der Waals surface area contributed by atoms with Gasteiger partial charge in [0.25, 0.3) is 0 Å². The Bertz CT molecular complexity index is 463. The zero-order chi connectivity index (χ0) is 15.1. The third-order valence-electron chi connectivity index (χ3n) is 3.89. The Morgan fingerprint density at radius 1 is 1.48 bits per heavy atom. The number of carbonyl (C=O) groups is 1. The van der Waals surface area contributed by atoms with Gasteiger partial charge >= 0.3 is 0 Å². The van der Waals surface area contributed by atoms with Crippen LogP contribution < -0.4 is 10.1 Å². The van der Waals surface area contributed by atoms with Crippen molar-refractivity contribution in [1.29, 1.82) is 0 Å². The molecule has 5 nitrogen and oxygen atoms in total. The van der Waals surface area contributed by atoms with Crippen LogP contribution in [0.25, 0.3) is 0 Å². The number of aliphatic hydroxyl groups is 1. The van der Waals surface area contributed by atoms with E-state index in [0.29, 0.717) is 23.9 Å². The highest BCUT2D eigenvalue weighted by atomic mass is 16.5. The molecule has 0 aromatic heterocycles. The number of hydrogen-bond donors (Lipinski definition) is 2. The van der Waals surface area contributed by atoms with E-state index in [4.69, 9.17) is 9.84 Å². The van der Waals surface area contributed by atoms with Gasteiger partial charge in [0, 0.05) is 13.2 Å². The van der Waals surface area contributed by atoms with Gasteiger partial charge in [0.05, 0.1) is 19.3 Å². The van der Waals surface area contributed by atoms with Crippen molar-refractivity contribution in [3.8, 4) is 5.75 Å². The summed E-state index contributed by atoms with van der Waals surface area (Å²) >= 11 is 0. The average Bonchev–Trinajstić information content (AvgIpc) is 2.48. The maximum Gasteiger partial charge on any atom is 0.238 e. The standard InChI is InChI=1S/C16H24N2O3/c1-21-15-7-3-2-6-14(15)17-16(20)12-18-9-4-5-13(11-18)8-10-19/h2-3,6-7,13,19H,4-5,8-12H2,1H3,(H,17,20). The minimum atomic E-state index is -0.0239. The minimum absolute atomic E-state index is 0.0239. The Hall–Kier alpha value is -1.59. The number of likely N-dealkylation sites (tertiary alicyclic amines) is 1. The number of aliphatic hydroxyl groups excluding tert-OH is 1. The lowest BCUT2D eigenvalue weighted by Gasteiger charge is -2.31. The highest BCUT2D eigenvalue weighted by Gasteiger charge is 2.21. The molecule has 21 heavy (non-hydrogen) atoms. The molecule has 1 fully saturated rings. The van der Waals surface area contributed by atoms with Crippen LogP contribution in [-0.2, 0) is 4.79 Å². The molecule has 1 aromatic rings. The number of amides is 1. The smallest absolute Gasteiger partial charge is 0.238 e. The van der Waals surface area contributed by atoms with Crippen molar-refractivity contribution >= 4 is 11.6 Å². The molecule has 0 bridgehead atoms. The molecule has 1 aliphatic heterocycles. The largest absolute Gasteiger partial charge is 0.495 e. The van der Waals surface area contributed by atoms with Gasteiger partial charge in [-0.2, -0.15) is 0 Å². The molecule has 1 heterocycles. The Kier molecular flexibility index (Phi) is 6.02. The summed E-state index contributed by atoms with van der Waals surface area (Å²) < 4.78 is 5.23. The summed E-state index contributed by atoms with van der Waals surface area (Å²) in [5.41, 5.74) is 0.703. The Morgan fingerprint density at radius 3 is 3.05 bits per heavy atom. The molecule has 0 spiro atoms. The molecule has 2 N–H and O–H groups in total. The number of piperidine rings is 1. The molecule has 116 valence electrons. The van der Waals surface area contributed by atoms with Crippen LogP contribution in [0.15, 0.2) is 24.3 Å². The van der Waals surface area contributed by atoms with Crippen LogP contribution in [0.1, 0.15) is 19.3 Å². The summed E-state index contributed by atoms with van der Waals surface area (Å²) in [7, 11) is 1.59. The van der Waals surface area contributed by atoms with E-state index in [1.807, 2.05) is 24.3 Å². The molecular formula is C16H24N2O3. The minimum Gasteiger partial charge on any atom is -0.495 e. The SMILES string of the molecule is COc1ccccc1NC(=O)CN1CCCC(CCO)C1. The highest BCUT2D eigenvalue weighted by molar-refractivity contribution is 5.93. The number of carbonyl (C=O) groups excluding carboxylic acids is 1. The number of rotatable bonds is 6. The second-order valence-corrected chi connectivity index (χ2v) is 5.50. The number of nitrogens with zero attached hydrogens (tertiary/aromatic N) is 1. The number of ether oxygens (including phenoxy) is 1. The summed E-state index contributed by atoms with van der Waals surface area (Å²) in [5.74, 6) is 1.15. The van der Waals surface area contributed by atoms with Crippen LogP contribution in [0, 0.1) is 5.92 Å². The first-order valence-electron chi connectivity index (χ1n) is 7.49. The molecule has 1 aliphatic rings. The average molecular weight is 292 g/mol. The van der Waals surface area contributed by atoms with Crippen molar-refractivity contribution in [1.82, 2.24) is 4.90 Å².